The molecule has 0 aliphatic rings. The van der Waals surface area contributed by atoms with Crippen LogP contribution in [-0.4, -0.2) is 95.9 Å². The lowest BCUT2D eigenvalue weighted by Crippen LogP contribution is -2.30. The molecule has 16 nitrogen and oxygen atoms in total. The van der Waals surface area contributed by atoms with Crippen LogP contribution in [0.15, 0.2) is 182 Å². The highest BCUT2D eigenvalue weighted by molar-refractivity contribution is 7.47. The molecule has 4 N–H and O–H groups in total. The summed E-state index contributed by atoms with van der Waals surface area (Å²) in [6.07, 6.45) is 124. The van der Waals surface area contributed by atoms with Crippen molar-refractivity contribution in [2.24, 2.45) is 0 Å². The molecule has 121 heavy (non-hydrogen) atoms. The SMILES string of the molecule is CC/C=C\C/C=C\C/C=C\C/C=C\C/C=C\C/C=C\CCCCCCCCCCCCCCCCC(=O)OCC(COP(=O)(O)OCC(O)COP(=O)(O)OCC(O)COC(=O)CCCCCCCCCCCCCCCCCCCCC/C=C\C/C=C\C/C=C\C/C=C\CCCCC)OC(=O)CCC/C=C\C/C=C\C/C=C\C/C=C\C/C=C\CC. The van der Waals surface area contributed by atoms with Crippen molar-refractivity contribution in [2.45, 2.75) is 411 Å². The van der Waals surface area contributed by atoms with Crippen molar-refractivity contribution < 1.29 is 75.8 Å². The maximum Gasteiger partial charge on any atom is 0.472 e. The third-order valence-corrected chi connectivity index (χ3v) is 22.0. The molecule has 0 amide bonds. The van der Waals surface area contributed by atoms with Crippen LogP contribution in [0.3, 0.4) is 0 Å². The average Bonchev–Trinajstić information content (AvgIpc) is 0.964. The topological polar surface area (TPSA) is 231 Å². The molecule has 0 spiro atoms. The highest BCUT2D eigenvalue weighted by Gasteiger charge is 2.29. The van der Waals surface area contributed by atoms with Gasteiger partial charge in [0.1, 0.15) is 25.4 Å². The van der Waals surface area contributed by atoms with Gasteiger partial charge >= 0.3 is 33.6 Å². The smallest absolute Gasteiger partial charge is 0.463 e. The van der Waals surface area contributed by atoms with Crippen molar-refractivity contribution in [1.29, 1.82) is 0 Å². The van der Waals surface area contributed by atoms with E-state index >= 15 is 0 Å². The van der Waals surface area contributed by atoms with E-state index in [0.717, 1.165) is 141 Å². The first-order valence-corrected chi connectivity index (χ1v) is 51.1. The Morgan fingerprint density at radius 2 is 0.446 bits per heavy atom. The molecule has 18 heteroatoms. The minimum atomic E-state index is -4.96. The molecule has 0 saturated carbocycles. The van der Waals surface area contributed by atoms with Gasteiger partial charge in [0.15, 0.2) is 6.10 Å². The quantitative estimate of drug-likeness (QED) is 0.0146. The number of unbranched alkanes of at least 4 members (excludes halogenated alkanes) is 37. The molecule has 5 atom stereocenters. The predicted molar refractivity (Wildman–Crippen MR) is 509 cm³/mol. The first-order chi connectivity index (χ1) is 59.2. The Bertz CT molecular complexity index is 2930. The molecule has 0 bridgehead atoms. The maximum absolute atomic E-state index is 13.0. The molecule has 0 aromatic heterocycles. The van der Waals surface area contributed by atoms with Gasteiger partial charge in [-0.25, -0.2) is 9.13 Å². The number of allylic oxidation sites excluding steroid dienone is 30. The molecule has 0 aliphatic carbocycles. The van der Waals surface area contributed by atoms with E-state index in [9.17, 15) is 43.5 Å². The molecule has 692 valence electrons. The molecule has 0 aromatic carbocycles. The number of aliphatic hydroxyl groups is 2. The molecule has 0 heterocycles. The second-order valence-electron chi connectivity index (χ2n) is 31.8. The number of carbonyl (C=O) groups is 3. The zero-order chi connectivity index (χ0) is 87.9. The predicted octanol–water partition coefficient (Wildman–Crippen LogP) is 30.0. The van der Waals surface area contributed by atoms with Crippen LogP contribution < -0.4 is 0 Å². The van der Waals surface area contributed by atoms with Crippen LogP contribution in [0.4, 0.5) is 0 Å². The normalized spacial score (nSPS) is 14.5. The Morgan fingerprint density at radius 3 is 0.719 bits per heavy atom. The number of carbonyl (C=O) groups excluding carboxylic acids is 3. The van der Waals surface area contributed by atoms with Crippen LogP contribution in [0.1, 0.15) is 393 Å². The van der Waals surface area contributed by atoms with E-state index in [1.807, 2.05) is 12.2 Å². The highest BCUT2D eigenvalue weighted by atomic mass is 31.2. The number of aliphatic hydroxyl groups excluding tert-OH is 2. The molecule has 0 saturated heterocycles. The van der Waals surface area contributed by atoms with Crippen molar-refractivity contribution in [3.8, 4) is 0 Å². The van der Waals surface area contributed by atoms with Gasteiger partial charge in [0, 0.05) is 19.3 Å². The summed E-state index contributed by atoms with van der Waals surface area (Å²) in [4.78, 5) is 59.0. The van der Waals surface area contributed by atoms with Crippen molar-refractivity contribution in [3.05, 3.63) is 182 Å². The summed E-state index contributed by atoms with van der Waals surface area (Å²) >= 11 is 0. The standard InChI is InChI=1S/C103H174O16P2/c1-4-7-10-13-16-19-22-25-28-31-33-35-37-39-41-43-45-47-48-50-52-53-55-57-59-61-63-66-68-71-74-77-80-83-86-89-101(106)113-92-98(104)93-115-120(109,110)116-94-99(105)95-117-121(111,112)118-97-100(119-103(108)91-88-85-82-79-76-73-70-65-30-27-24-21-18-15-12-9-6-3)96-114-102(107)90-87-84-81-78-75-72-69-67-64-62-60-58-56-54-51-49-46-44-42-40-38-36-34-32-29-26-23-20-17-14-11-8-5-2/h8-9,11-12,16-21,25-30,33-36,39-42,46,49,70,73,79,82,98-100,104-105H,4-7,10,13-15,22-24,31-32,37-38,43-45,47-48,50-69,71-72,74-78,80-81,83-97H2,1-3H3,(H,109,110)(H,111,112)/b11-8-,12-9-,19-16-,20-17-,21-18-,28-25-,29-26-,30-27-,35-33-,36-34-,41-39-,42-40-,49-46-,73-70-,82-79-. The molecule has 0 fully saturated rings. The summed E-state index contributed by atoms with van der Waals surface area (Å²) in [5.41, 5.74) is 0. The number of phosphoric ester groups is 2. The highest BCUT2D eigenvalue weighted by Crippen LogP contribution is 2.45. The van der Waals surface area contributed by atoms with Crippen LogP contribution in [0.2, 0.25) is 0 Å². The van der Waals surface area contributed by atoms with Gasteiger partial charge in [0.2, 0.25) is 0 Å². The maximum atomic E-state index is 13.0. The summed E-state index contributed by atoms with van der Waals surface area (Å²) in [5, 5.41) is 20.7. The molecule has 0 rings (SSSR count). The second-order valence-corrected chi connectivity index (χ2v) is 34.7. The van der Waals surface area contributed by atoms with Gasteiger partial charge in [-0.15, -0.1) is 0 Å². The van der Waals surface area contributed by atoms with Gasteiger partial charge in [-0.1, -0.05) is 402 Å². The molecular formula is C103H174O16P2. The zero-order valence-electron chi connectivity index (χ0n) is 76.4. The largest absolute Gasteiger partial charge is 0.472 e. The van der Waals surface area contributed by atoms with E-state index in [0.29, 0.717) is 25.7 Å². The third kappa shape index (κ3) is 95.2. The summed E-state index contributed by atoms with van der Waals surface area (Å²) in [6.45, 7) is 2.40. The Morgan fingerprint density at radius 1 is 0.240 bits per heavy atom. The number of esters is 3. The molecule has 0 aromatic rings. The lowest BCUT2D eigenvalue weighted by Gasteiger charge is -2.21. The van der Waals surface area contributed by atoms with Gasteiger partial charge < -0.3 is 34.2 Å². The number of phosphoric acid groups is 2. The van der Waals surface area contributed by atoms with Crippen LogP contribution in [0, 0.1) is 0 Å². The number of hydrogen-bond acceptors (Lipinski definition) is 14. The number of hydrogen-bond donors (Lipinski definition) is 4. The van der Waals surface area contributed by atoms with Gasteiger partial charge in [-0.3, -0.25) is 32.5 Å². The fourth-order valence-electron chi connectivity index (χ4n) is 12.9. The summed E-state index contributed by atoms with van der Waals surface area (Å²) in [5.74, 6) is -1.64. The fraction of sp³-hybridized carbons (Fsp3) is 0.680. The fourth-order valence-corrected chi connectivity index (χ4v) is 14.5. The zero-order valence-corrected chi connectivity index (χ0v) is 78.2. The average molecular weight is 1730 g/mol. The Labute approximate surface area is 738 Å². The number of rotatable bonds is 90. The van der Waals surface area contributed by atoms with Crippen LogP contribution >= 0.6 is 15.6 Å². The van der Waals surface area contributed by atoms with E-state index in [1.165, 1.54) is 186 Å². The Kier molecular flexibility index (Phi) is 89.6. The van der Waals surface area contributed by atoms with E-state index < -0.39 is 91.5 Å². The van der Waals surface area contributed by atoms with E-state index in [4.69, 9.17) is 32.3 Å². The summed E-state index contributed by atoms with van der Waals surface area (Å²) in [6, 6.07) is 0. The van der Waals surface area contributed by atoms with Gasteiger partial charge in [0.25, 0.3) is 0 Å². The van der Waals surface area contributed by atoms with E-state index in [1.54, 1.807) is 0 Å². The number of ether oxygens (including phenoxy) is 3. The third-order valence-electron chi connectivity index (χ3n) is 20.1. The van der Waals surface area contributed by atoms with Crippen molar-refractivity contribution in [2.75, 3.05) is 39.6 Å². The van der Waals surface area contributed by atoms with Crippen LogP contribution in [0.25, 0.3) is 0 Å². The lowest BCUT2D eigenvalue weighted by molar-refractivity contribution is -0.161. The first kappa shape index (κ1) is 116. The van der Waals surface area contributed by atoms with Gasteiger partial charge in [-0.05, 0) is 154 Å². The van der Waals surface area contributed by atoms with Crippen LogP contribution in [-0.2, 0) is 55.8 Å². The van der Waals surface area contributed by atoms with Crippen molar-refractivity contribution in [1.82, 2.24) is 0 Å². The van der Waals surface area contributed by atoms with Crippen molar-refractivity contribution >= 4 is 33.6 Å². The van der Waals surface area contributed by atoms with E-state index in [2.05, 4.69) is 191 Å². The minimum absolute atomic E-state index is 0.0221. The van der Waals surface area contributed by atoms with Crippen molar-refractivity contribution in [3.63, 3.8) is 0 Å². The monoisotopic (exact) mass is 1730 g/mol. The summed E-state index contributed by atoms with van der Waals surface area (Å²) < 4.78 is 61.4. The van der Waals surface area contributed by atoms with Crippen LogP contribution in [0.5, 0.6) is 0 Å². The van der Waals surface area contributed by atoms with Gasteiger partial charge in [-0.2, -0.15) is 0 Å². The minimum Gasteiger partial charge on any atom is -0.463 e. The Hall–Kier alpha value is -5.35. The lowest BCUT2D eigenvalue weighted by atomic mass is 10.0. The first-order valence-electron chi connectivity index (χ1n) is 48.1. The molecule has 5 unspecified atom stereocenters. The summed E-state index contributed by atoms with van der Waals surface area (Å²) in [7, 11) is -9.83. The second kappa shape index (κ2) is 93.8. The van der Waals surface area contributed by atoms with E-state index in [-0.39, 0.29) is 19.3 Å². The van der Waals surface area contributed by atoms with Gasteiger partial charge in [0.05, 0.1) is 26.4 Å². The molecule has 0 radical (unpaired) electrons. The molecule has 0 aliphatic heterocycles. The molecular weight excluding hydrogens is 1560 g/mol. The Balaban J connectivity index is 4.49.